The number of ether oxygens (including phenoxy) is 1. The van der Waals surface area contributed by atoms with Gasteiger partial charge in [0, 0.05) is 18.8 Å². The van der Waals surface area contributed by atoms with Gasteiger partial charge in [-0.3, -0.25) is 4.79 Å². The molecular weight excluding hydrogens is 368 g/mol. The van der Waals surface area contributed by atoms with E-state index in [1.54, 1.807) is 0 Å². The quantitative estimate of drug-likeness (QED) is 0.784. The predicted molar refractivity (Wildman–Crippen MR) is 106 cm³/mol. The van der Waals surface area contributed by atoms with Crippen molar-refractivity contribution in [3.05, 3.63) is 29.3 Å². The number of nitrogens with zero attached hydrogens (tertiary/aromatic N) is 3. The highest BCUT2D eigenvalue weighted by Gasteiger charge is 2.25. The summed E-state index contributed by atoms with van der Waals surface area (Å²) in [5.41, 5.74) is 3.46. The van der Waals surface area contributed by atoms with E-state index in [2.05, 4.69) is 35.4 Å². The van der Waals surface area contributed by atoms with Crippen LogP contribution in [0.15, 0.2) is 22.5 Å². The number of aryl methyl sites for hydroxylation is 1. The Kier molecular flexibility index (Phi) is 6.16. The normalized spacial score (nSPS) is 20.2. The lowest BCUT2D eigenvalue weighted by atomic mass is 10.1. The molecule has 0 aliphatic carbocycles. The van der Waals surface area contributed by atoms with Gasteiger partial charge in [0.1, 0.15) is 0 Å². The number of benzene rings is 1. The minimum atomic E-state index is 0.0857. The minimum Gasteiger partial charge on any atom is -0.372 e. The van der Waals surface area contributed by atoms with E-state index in [0.717, 1.165) is 15.2 Å². The Hall–Kier alpha value is -1.64. The predicted octanol–water partition coefficient (Wildman–Crippen LogP) is 3.63. The first-order valence-corrected chi connectivity index (χ1v) is 10.5. The van der Waals surface area contributed by atoms with Crippen molar-refractivity contribution in [2.75, 3.05) is 24.2 Å². The molecule has 0 bridgehead atoms. The summed E-state index contributed by atoms with van der Waals surface area (Å²) in [6.07, 6.45) is 0.171. The number of hydrogen-bond acceptors (Lipinski definition) is 7. The smallest absolute Gasteiger partial charge is 0.233 e. The summed E-state index contributed by atoms with van der Waals surface area (Å²) >= 11 is 2.90. The van der Waals surface area contributed by atoms with Crippen LogP contribution in [0.1, 0.15) is 25.0 Å². The molecule has 1 aromatic heterocycles. The molecule has 1 fully saturated rings. The van der Waals surface area contributed by atoms with Crippen LogP contribution in [0.5, 0.6) is 0 Å². The van der Waals surface area contributed by atoms with Crippen LogP contribution < -0.4 is 5.32 Å². The number of morpholine rings is 1. The molecule has 2 heterocycles. The molecule has 1 aliphatic heterocycles. The van der Waals surface area contributed by atoms with Crippen LogP contribution >= 0.6 is 23.1 Å². The summed E-state index contributed by atoms with van der Waals surface area (Å²) in [7, 11) is 0. The van der Waals surface area contributed by atoms with Crippen LogP contribution in [0.25, 0.3) is 0 Å². The topological polar surface area (TPSA) is 67.4 Å². The molecule has 0 saturated carbocycles. The maximum Gasteiger partial charge on any atom is 0.233 e. The number of rotatable bonds is 5. The van der Waals surface area contributed by atoms with E-state index in [-0.39, 0.29) is 18.1 Å². The highest BCUT2D eigenvalue weighted by Crippen LogP contribution is 2.29. The van der Waals surface area contributed by atoms with E-state index in [4.69, 9.17) is 4.74 Å². The van der Waals surface area contributed by atoms with Gasteiger partial charge in [0.2, 0.25) is 11.0 Å². The van der Waals surface area contributed by atoms with Crippen molar-refractivity contribution in [3.8, 4) is 0 Å². The molecule has 1 N–H and O–H groups in total. The molecule has 3 rings (SSSR count). The van der Waals surface area contributed by atoms with E-state index >= 15 is 0 Å². The SMILES string of the molecule is Cc1cccc(Nc2nnc(SCC(=O)N3C[C@H](C)O[C@@H](C)C3)s2)c1C. The molecule has 6 nitrogen and oxygen atoms in total. The third-order valence-electron chi connectivity index (χ3n) is 4.34. The second kappa shape index (κ2) is 8.37. The van der Waals surface area contributed by atoms with Gasteiger partial charge in [0.05, 0.1) is 18.0 Å². The van der Waals surface area contributed by atoms with Crippen molar-refractivity contribution in [3.63, 3.8) is 0 Å². The third-order valence-corrected chi connectivity index (χ3v) is 6.30. The number of carbonyl (C=O) groups is 1. The fourth-order valence-electron chi connectivity index (χ4n) is 2.92. The van der Waals surface area contributed by atoms with E-state index in [1.807, 2.05) is 30.9 Å². The van der Waals surface area contributed by atoms with Gasteiger partial charge in [-0.2, -0.15) is 0 Å². The van der Waals surface area contributed by atoms with E-state index in [1.165, 1.54) is 34.2 Å². The molecule has 140 valence electrons. The number of thioether (sulfide) groups is 1. The van der Waals surface area contributed by atoms with Gasteiger partial charge in [-0.1, -0.05) is 35.2 Å². The lowest BCUT2D eigenvalue weighted by Crippen LogP contribution is -2.48. The lowest BCUT2D eigenvalue weighted by Gasteiger charge is -2.35. The number of anilines is 2. The molecule has 1 aromatic carbocycles. The molecule has 8 heteroatoms. The Balaban J connectivity index is 1.55. The molecule has 0 radical (unpaired) electrons. The standard InChI is InChI=1S/C18H24N4O2S2/c1-11-6-5-7-15(14(11)4)19-17-20-21-18(26-17)25-10-16(23)22-8-12(2)24-13(3)9-22/h5-7,12-13H,8-10H2,1-4H3,(H,19,20)/t12-,13-/m0/s1. The van der Waals surface area contributed by atoms with Crippen LogP contribution in [0.4, 0.5) is 10.8 Å². The van der Waals surface area contributed by atoms with E-state index in [0.29, 0.717) is 18.8 Å². The summed E-state index contributed by atoms with van der Waals surface area (Å²) in [5, 5.41) is 12.4. The second-order valence-electron chi connectivity index (χ2n) is 6.59. The van der Waals surface area contributed by atoms with E-state index in [9.17, 15) is 4.79 Å². The Labute approximate surface area is 162 Å². The number of amides is 1. The number of hydrogen-bond donors (Lipinski definition) is 1. The van der Waals surface area contributed by atoms with Gasteiger partial charge in [-0.15, -0.1) is 10.2 Å². The van der Waals surface area contributed by atoms with Crippen molar-refractivity contribution < 1.29 is 9.53 Å². The highest BCUT2D eigenvalue weighted by atomic mass is 32.2. The molecule has 0 spiro atoms. The average Bonchev–Trinajstić information content (AvgIpc) is 3.03. The Morgan fingerprint density at radius 3 is 2.77 bits per heavy atom. The molecule has 2 atom stereocenters. The van der Waals surface area contributed by atoms with Gasteiger partial charge in [0.15, 0.2) is 4.34 Å². The zero-order valence-electron chi connectivity index (χ0n) is 15.5. The van der Waals surface area contributed by atoms with E-state index < -0.39 is 0 Å². The van der Waals surface area contributed by atoms with Gasteiger partial charge < -0.3 is 15.0 Å². The Bertz CT molecular complexity index is 770. The van der Waals surface area contributed by atoms with Gasteiger partial charge in [-0.05, 0) is 44.9 Å². The summed E-state index contributed by atoms with van der Waals surface area (Å²) < 4.78 is 6.47. The average molecular weight is 393 g/mol. The van der Waals surface area contributed by atoms with Gasteiger partial charge >= 0.3 is 0 Å². The van der Waals surface area contributed by atoms with Crippen LogP contribution in [0.3, 0.4) is 0 Å². The van der Waals surface area contributed by atoms with Crippen molar-refractivity contribution in [2.45, 2.75) is 44.2 Å². The Morgan fingerprint density at radius 1 is 1.31 bits per heavy atom. The zero-order chi connectivity index (χ0) is 18.7. The largest absolute Gasteiger partial charge is 0.372 e. The molecule has 26 heavy (non-hydrogen) atoms. The zero-order valence-corrected chi connectivity index (χ0v) is 17.1. The number of aromatic nitrogens is 2. The van der Waals surface area contributed by atoms with Crippen LogP contribution in [-0.2, 0) is 9.53 Å². The number of nitrogens with one attached hydrogen (secondary N) is 1. The fraction of sp³-hybridized carbons (Fsp3) is 0.500. The minimum absolute atomic E-state index is 0.0857. The molecule has 1 amide bonds. The second-order valence-corrected chi connectivity index (χ2v) is 8.79. The van der Waals surface area contributed by atoms with Crippen molar-refractivity contribution in [1.29, 1.82) is 0 Å². The first-order valence-electron chi connectivity index (χ1n) is 8.65. The van der Waals surface area contributed by atoms with Crippen LogP contribution in [-0.4, -0.2) is 52.1 Å². The molecule has 2 aromatic rings. The molecule has 0 unspecified atom stereocenters. The summed E-state index contributed by atoms with van der Waals surface area (Å²) in [6.45, 7) is 9.47. The maximum absolute atomic E-state index is 12.4. The maximum atomic E-state index is 12.4. The molecular formula is C18H24N4O2S2. The van der Waals surface area contributed by atoms with Crippen molar-refractivity contribution in [1.82, 2.24) is 15.1 Å². The Morgan fingerprint density at radius 2 is 2.04 bits per heavy atom. The van der Waals surface area contributed by atoms with Crippen molar-refractivity contribution in [2.24, 2.45) is 0 Å². The van der Waals surface area contributed by atoms with Crippen LogP contribution in [0, 0.1) is 13.8 Å². The summed E-state index contributed by atoms with van der Waals surface area (Å²) in [6, 6.07) is 6.13. The fourth-order valence-corrected chi connectivity index (χ4v) is 4.58. The van der Waals surface area contributed by atoms with Gasteiger partial charge in [0.25, 0.3) is 0 Å². The number of carbonyl (C=O) groups excluding carboxylic acids is 1. The highest BCUT2D eigenvalue weighted by molar-refractivity contribution is 8.01. The first-order chi connectivity index (χ1) is 12.4. The third kappa shape index (κ3) is 4.75. The van der Waals surface area contributed by atoms with Gasteiger partial charge in [-0.25, -0.2) is 0 Å². The van der Waals surface area contributed by atoms with Crippen molar-refractivity contribution >= 4 is 39.8 Å². The first kappa shape index (κ1) is 19.1. The van der Waals surface area contributed by atoms with Crippen LogP contribution in [0.2, 0.25) is 0 Å². The lowest BCUT2D eigenvalue weighted by molar-refractivity contribution is -0.140. The summed E-state index contributed by atoms with van der Waals surface area (Å²) in [5.74, 6) is 0.494. The summed E-state index contributed by atoms with van der Waals surface area (Å²) in [4.78, 5) is 14.3. The monoisotopic (exact) mass is 392 g/mol. The molecule has 1 aliphatic rings. The molecule has 1 saturated heterocycles.